The summed E-state index contributed by atoms with van der Waals surface area (Å²) in [6.45, 7) is 5.13. The number of β-lactam (4-membered cyclic amide) rings is 1. The molecule has 1 saturated heterocycles. The maximum atomic E-state index is 13.9. The van der Waals surface area contributed by atoms with Crippen LogP contribution in [-0.2, 0) is 55.4 Å². The molecule has 1 amide bonds. The van der Waals surface area contributed by atoms with Gasteiger partial charge in [-0.3, -0.25) is 9.59 Å². The van der Waals surface area contributed by atoms with Crippen LogP contribution in [0.1, 0.15) is 121 Å². The van der Waals surface area contributed by atoms with Crippen LogP contribution in [0.15, 0.2) is 121 Å². The Morgan fingerprint density at radius 1 is 0.716 bits per heavy atom. The zero-order chi connectivity index (χ0) is 46.8. The normalized spacial score (nSPS) is 18.4. The van der Waals surface area contributed by atoms with Crippen molar-refractivity contribution in [3.63, 3.8) is 0 Å². The molecule has 11 heteroatoms. The van der Waals surface area contributed by atoms with Gasteiger partial charge in [-0.25, -0.2) is 4.79 Å². The van der Waals surface area contributed by atoms with Crippen molar-refractivity contribution >= 4 is 35.6 Å². The fourth-order valence-electron chi connectivity index (χ4n) is 9.58. The molecule has 0 N–H and O–H groups in total. The number of aryl methyl sites for hydroxylation is 2. The van der Waals surface area contributed by atoms with Crippen LogP contribution in [0.25, 0.3) is 0 Å². The molecule has 0 saturated carbocycles. The number of benzene rings is 5. The van der Waals surface area contributed by atoms with Crippen molar-refractivity contribution in [2.24, 2.45) is 5.92 Å². The van der Waals surface area contributed by atoms with Gasteiger partial charge in [0.05, 0.1) is 16.9 Å². The summed E-state index contributed by atoms with van der Waals surface area (Å²) in [5.74, 6) is 2.68. The first kappa shape index (κ1) is 47.1. The molecule has 67 heavy (non-hydrogen) atoms. The molecule has 5 aromatic rings. The van der Waals surface area contributed by atoms with Crippen molar-refractivity contribution in [2.75, 3.05) is 12.4 Å². The summed E-state index contributed by atoms with van der Waals surface area (Å²) in [5, 5.41) is -0.0473. The maximum Gasteiger partial charge on any atom is 0.373 e. The lowest BCUT2D eigenvalue weighted by Crippen LogP contribution is -2.58. The highest BCUT2D eigenvalue weighted by atomic mass is 32.2. The smallest absolute Gasteiger partial charge is 0.373 e. The molecule has 5 aromatic carbocycles. The van der Waals surface area contributed by atoms with Gasteiger partial charge < -0.3 is 23.8 Å². The highest BCUT2D eigenvalue weighted by molar-refractivity contribution is 8.00. The van der Waals surface area contributed by atoms with Crippen LogP contribution in [0, 0.1) is 5.92 Å². The first-order chi connectivity index (χ1) is 32.8. The summed E-state index contributed by atoms with van der Waals surface area (Å²) in [4.78, 5) is 58.3. The van der Waals surface area contributed by atoms with Gasteiger partial charge in [-0.1, -0.05) is 131 Å². The lowest BCUT2D eigenvalue weighted by Gasteiger charge is -2.47. The number of rotatable bonds is 20. The molecule has 346 valence electrons. The minimum absolute atomic E-state index is 0.0125. The largest absolute Gasteiger partial charge is 0.489 e. The number of fused-ring (bicyclic) bond motifs is 7. The molecule has 1 spiro atoms. The van der Waals surface area contributed by atoms with Gasteiger partial charge in [0.2, 0.25) is 5.91 Å². The van der Waals surface area contributed by atoms with Crippen LogP contribution in [0.2, 0.25) is 0 Å². The number of ketones is 1. The molecule has 4 aliphatic heterocycles. The molecule has 9 rings (SSSR count). The quantitative estimate of drug-likeness (QED) is 0.0423. The van der Waals surface area contributed by atoms with E-state index in [9.17, 15) is 14.4 Å². The van der Waals surface area contributed by atoms with E-state index < -0.39 is 5.60 Å². The number of carbonyl (C=O) groups excluding carboxylic acids is 5. The van der Waals surface area contributed by atoms with Gasteiger partial charge in [-0.2, -0.15) is 9.59 Å². The van der Waals surface area contributed by atoms with Crippen molar-refractivity contribution in [1.82, 2.24) is 4.90 Å². The van der Waals surface area contributed by atoms with Crippen LogP contribution >= 0.6 is 11.8 Å². The summed E-state index contributed by atoms with van der Waals surface area (Å²) < 4.78 is 27.0. The van der Waals surface area contributed by atoms with Crippen LogP contribution in [0.5, 0.6) is 23.0 Å². The van der Waals surface area contributed by atoms with Gasteiger partial charge in [0.15, 0.2) is 5.60 Å². The predicted octanol–water partition coefficient (Wildman–Crippen LogP) is 11.5. The highest BCUT2D eigenvalue weighted by Crippen LogP contribution is 2.58. The molecule has 0 aliphatic carbocycles. The van der Waals surface area contributed by atoms with E-state index in [0.29, 0.717) is 48.2 Å². The number of hydrogen-bond acceptors (Lipinski definition) is 10. The molecular weight excluding hydrogens is 863 g/mol. The number of amides is 1. The summed E-state index contributed by atoms with van der Waals surface area (Å²) >= 11 is 1.69. The van der Waals surface area contributed by atoms with Crippen molar-refractivity contribution in [3.8, 4) is 23.0 Å². The molecule has 3 atom stereocenters. The average Bonchev–Trinajstić information content (AvgIpc) is 3.64. The lowest BCUT2D eigenvalue weighted by atomic mass is 9.76. The molecule has 4 heterocycles. The highest BCUT2D eigenvalue weighted by Gasteiger charge is 2.54. The van der Waals surface area contributed by atoms with E-state index in [0.717, 1.165) is 114 Å². The molecule has 1 fully saturated rings. The Morgan fingerprint density at radius 2 is 1.28 bits per heavy atom. The predicted molar refractivity (Wildman–Crippen MR) is 256 cm³/mol. The Hall–Kier alpha value is -6.42. The number of carbonyl (C=O) groups is 3. The fraction of sp³-hybridized carbons (Fsp3) is 0.357. The Morgan fingerprint density at radius 3 is 1.90 bits per heavy atom. The van der Waals surface area contributed by atoms with Crippen LogP contribution in [0.4, 0.5) is 0 Å². The summed E-state index contributed by atoms with van der Waals surface area (Å²) in [7, 11) is 0. The molecule has 10 nitrogen and oxygen atoms in total. The van der Waals surface area contributed by atoms with E-state index in [1.807, 2.05) is 91.1 Å². The van der Waals surface area contributed by atoms with Crippen molar-refractivity contribution in [3.05, 3.63) is 165 Å². The first-order valence-corrected chi connectivity index (χ1v) is 24.7. The number of ether oxygens (including phenoxy) is 4. The third-order valence-corrected chi connectivity index (χ3v) is 14.4. The van der Waals surface area contributed by atoms with Crippen LogP contribution in [-0.4, -0.2) is 46.4 Å². The second-order valence-corrected chi connectivity index (χ2v) is 18.7. The van der Waals surface area contributed by atoms with Crippen molar-refractivity contribution in [1.29, 1.82) is 0 Å². The SMILES string of the molecule is CCCCCCc1cc2c(cc1OCC1=CN3C(=O)[C@H](CC(=O)Cc4ccccc4)[C@@H]3SC1)Oc1cc(OCc3ccccc3)c(CCCCCC)cc1C21OC(=O)c2ccccc21.O=C=O. The van der Waals surface area contributed by atoms with E-state index in [4.69, 9.17) is 28.5 Å². The number of nitrogens with zero attached hydrogens (tertiary/aromatic N) is 1. The van der Waals surface area contributed by atoms with Gasteiger partial charge >= 0.3 is 12.1 Å². The van der Waals surface area contributed by atoms with Gasteiger partial charge in [0.1, 0.15) is 42.0 Å². The van der Waals surface area contributed by atoms with E-state index in [-0.39, 0.29) is 41.5 Å². The first-order valence-electron chi connectivity index (χ1n) is 23.6. The molecule has 1 unspecified atom stereocenters. The maximum absolute atomic E-state index is 13.9. The van der Waals surface area contributed by atoms with Crippen LogP contribution in [0.3, 0.4) is 0 Å². The molecule has 4 aliphatic rings. The van der Waals surface area contributed by atoms with Crippen LogP contribution < -0.4 is 14.2 Å². The number of Topliss-reactive ketones (excluding diaryl/α,β-unsaturated/α-hetero) is 1. The number of thioether (sulfide) groups is 1. The molecule has 0 radical (unpaired) electrons. The fourth-order valence-corrected chi connectivity index (χ4v) is 10.9. The third-order valence-electron chi connectivity index (χ3n) is 13.0. The molecule has 0 aromatic heterocycles. The second kappa shape index (κ2) is 21.9. The monoisotopic (exact) mass is 919 g/mol. The Kier molecular flexibility index (Phi) is 15.4. The summed E-state index contributed by atoms with van der Waals surface area (Å²) in [5.41, 5.74) is 6.78. The summed E-state index contributed by atoms with van der Waals surface area (Å²) in [6, 6.07) is 35.8. The minimum atomic E-state index is -1.24. The third kappa shape index (κ3) is 10.3. The van der Waals surface area contributed by atoms with Crippen molar-refractivity contribution in [2.45, 2.75) is 108 Å². The summed E-state index contributed by atoms with van der Waals surface area (Å²) in [6.07, 6.45) is 13.1. The zero-order valence-corrected chi connectivity index (χ0v) is 39.1. The van der Waals surface area contributed by atoms with Gasteiger partial charge in [0, 0.05) is 53.6 Å². The molecule has 0 bridgehead atoms. The number of unbranched alkanes of at least 4 members (excludes halogenated alkanes) is 6. The van der Waals surface area contributed by atoms with E-state index in [2.05, 4.69) is 38.1 Å². The van der Waals surface area contributed by atoms with E-state index in [1.54, 1.807) is 16.7 Å². The second-order valence-electron chi connectivity index (χ2n) is 17.6. The number of esters is 1. The Labute approximate surface area is 397 Å². The van der Waals surface area contributed by atoms with Gasteiger partial charge in [-0.15, -0.1) is 11.8 Å². The van der Waals surface area contributed by atoms with Gasteiger partial charge in [-0.05, 0) is 71.7 Å². The minimum Gasteiger partial charge on any atom is -0.489 e. The van der Waals surface area contributed by atoms with E-state index >= 15 is 0 Å². The average molecular weight is 920 g/mol. The Bertz CT molecular complexity index is 2640. The Balaban J connectivity index is 0.00000198. The standard InChI is InChI=1S/C55H57NO7S.CO2/c1-3-5-7-15-23-40-28-46-50(31-48(40)60-34-38-21-13-10-14-22-38)62-51-32-49(41(24-16-8-6-4-2)29-47(51)55(46)45-26-18-17-25-43(45)54(59)63-55)61-35-39-33-56-52(58)44(53(56)64-36-39)30-42(57)27-37-19-11-9-12-20-37;2-1-3/h9-14,17-22,25-26,28-29,31-33,44,53H,3-8,15-16,23-24,27,30,34-36H2,1-2H3;/t44-,53-,55?;/m0./s1. The molecular formula is C56H57NO9S. The van der Waals surface area contributed by atoms with E-state index in [1.165, 1.54) is 0 Å². The number of hydrogen-bond donors (Lipinski definition) is 0. The van der Waals surface area contributed by atoms with Crippen molar-refractivity contribution < 1.29 is 42.9 Å². The van der Waals surface area contributed by atoms with Gasteiger partial charge in [0.25, 0.3) is 0 Å². The lowest BCUT2D eigenvalue weighted by molar-refractivity contribution is -0.191. The topological polar surface area (TPSA) is 126 Å². The zero-order valence-electron chi connectivity index (χ0n) is 38.3.